The molecule has 1 aliphatic carbocycles. The Morgan fingerprint density at radius 2 is 1.89 bits per heavy atom. The van der Waals surface area contributed by atoms with Crippen LogP contribution in [0.1, 0.15) is 39.5 Å². The summed E-state index contributed by atoms with van der Waals surface area (Å²) >= 11 is 0. The summed E-state index contributed by atoms with van der Waals surface area (Å²) in [4.78, 5) is 13.8. The molecule has 0 bridgehead atoms. The first-order valence-electron chi connectivity index (χ1n) is 7.17. The molecule has 0 unspecified atom stereocenters. The molecule has 0 spiro atoms. The second kappa shape index (κ2) is 6.02. The summed E-state index contributed by atoms with van der Waals surface area (Å²) in [5, 5.41) is 3.25. The molecule has 2 fully saturated rings. The first-order chi connectivity index (χ1) is 8.57. The Morgan fingerprint density at radius 3 is 2.50 bits per heavy atom. The standard InChI is InChI=1S/C14H26N2O2/c1-14(2)5-3-12(4-6-14)18-11-13(17)16-9-7-15-8-10-16/h12,15H,3-11H2,1-2H3. The predicted octanol–water partition coefficient (Wildman–Crippen LogP) is 1.40. The van der Waals surface area contributed by atoms with Crippen molar-refractivity contribution in [3.05, 3.63) is 0 Å². The third-order valence-corrected chi connectivity index (χ3v) is 4.20. The van der Waals surface area contributed by atoms with Crippen molar-refractivity contribution in [1.29, 1.82) is 0 Å². The highest BCUT2D eigenvalue weighted by molar-refractivity contribution is 5.77. The van der Waals surface area contributed by atoms with Crippen LogP contribution in [-0.2, 0) is 9.53 Å². The van der Waals surface area contributed by atoms with Gasteiger partial charge in [-0.05, 0) is 31.1 Å². The van der Waals surface area contributed by atoms with E-state index < -0.39 is 0 Å². The van der Waals surface area contributed by atoms with Crippen LogP contribution < -0.4 is 5.32 Å². The molecule has 4 heteroatoms. The molecule has 1 amide bonds. The Balaban J connectivity index is 1.67. The molecular formula is C14H26N2O2. The van der Waals surface area contributed by atoms with Gasteiger partial charge >= 0.3 is 0 Å². The highest BCUT2D eigenvalue weighted by atomic mass is 16.5. The molecule has 0 aromatic heterocycles. The Kier molecular flexibility index (Phi) is 4.62. The van der Waals surface area contributed by atoms with Crippen LogP contribution in [0.5, 0.6) is 0 Å². The minimum atomic E-state index is 0.154. The normalized spacial score (nSPS) is 25.1. The van der Waals surface area contributed by atoms with Gasteiger partial charge in [0, 0.05) is 26.2 Å². The number of piperazine rings is 1. The molecule has 2 rings (SSSR count). The number of ether oxygens (including phenoxy) is 1. The Bertz CT molecular complexity index is 276. The molecule has 1 aliphatic heterocycles. The molecule has 1 heterocycles. The third-order valence-electron chi connectivity index (χ3n) is 4.20. The van der Waals surface area contributed by atoms with E-state index in [1.54, 1.807) is 0 Å². The van der Waals surface area contributed by atoms with Crippen LogP contribution in [0, 0.1) is 5.41 Å². The fourth-order valence-electron chi connectivity index (χ4n) is 2.73. The minimum Gasteiger partial charge on any atom is -0.368 e. The summed E-state index contributed by atoms with van der Waals surface area (Å²) in [6, 6.07) is 0. The lowest BCUT2D eigenvalue weighted by Crippen LogP contribution is -2.48. The summed E-state index contributed by atoms with van der Waals surface area (Å²) in [5.74, 6) is 0.154. The zero-order chi connectivity index (χ0) is 13.0. The molecule has 18 heavy (non-hydrogen) atoms. The highest BCUT2D eigenvalue weighted by Crippen LogP contribution is 2.36. The first-order valence-corrected chi connectivity index (χ1v) is 7.17. The zero-order valence-corrected chi connectivity index (χ0v) is 11.7. The van der Waals surface area contributed by atoms with Gasteiger partial charge in [-0.1, -0.05) is 13.8 Å². The average Bonchev–Trinajstić information content (AvgIpc) is 2.38. The second-order valence-corrected chi connectivity index (χ2v) is 6.31. The molecular weight excluding hydrogens is 228 g/mol. The molecule has 1 saturated carbocycles. The molecule has 0 aromatic carbocycles. The van der Waals surface area contributed by atoms with E-state index in [9.17, 15) is 4.79 Å². The van der Waals surface area contributed by atoms with Crippen LogP contribution >= 0.6 is 0 Å². The Morgan fingerprint density at radius 1 is 1.28 bits per heavy atom. The topological polar surface area (TPSA) is 41.6 Å². The van der Waals surface area contributed by atoms with E-state index in [1.165, 1.54) is 12.8 Å². The number of rotatable bonds is 3. The lowest BCUT2D eigenvalue weighted by atomic mass is 9.76. The fraction of sp³-hybridized carbons (Fsp3) is 0.929. The van der Waals surface area contributed by atoms with Crippen molar-refractivity contribution >= 4 is 5.91 Å². The molecule has 4 nitrogen and oxygen atoms in total. The smallest absolute Gasteiger partial charge is 0.248 e. The largest absolute Gasteiger partial charge is 0.368 e. The molecule has 0 radical (unpaired) electrons. The van der Waals surface area contributed by atoms with Crippen LogP contribution in [-0.4, -0.2) is 49.7 Å². The quantitative estimate of drug-likeness (QED) is 0.828. The van der Waals surface area contributed by atoms with Crippen molar-refractivity contribution in [2.75, 3.05) is 32.8 Å². The predicted molar refractivity (Wildman–Crippen MR) is 71.4 cm³/mol. The number of nitrogens with one attached hydrogen (secondary N) is 1. The number of carbonyl (C=O) groups is 1. The van der Waals surface area contributed by atoms with Crippen molar-refractivity contribution in [3.8, 4) is 0 Å². The SMILES string of the molecule is CC1(C)CCC(OCC(=O)N2CCNCC2)CC1. The van der Waals surface area contributed by atoms with Gasteiger partial charge in [0.05, 0.1) is 6.10 Å². The van der Waals surface area contributed by atoms with Crippen LogP contribution in [0.3, 0.4) is 0 Å². The molecule has 0 aromatic rings. The highest BCUT2D eigenvalue weighted by Gasteiger charge is 2.28. The number of carbonyl (C=O) groups excluding carboxylic acids is 1. The van der Waals surface area contributed by atoms with E-state index in [0.29, 0.717) is 11.5 Å². The van der Waals surface area contributed by atoms with E-state index in [-0.39, 0.29) is 12.5 Å². The average molecular weight is 254 g/mol. The first kappa shape index (κ1) is 13.8. The zero-order valence-electron chi connectivity index (χ0n) is 11.7. The summed E-state index contributed by atoms with van der Waals surface area (Å²) in [6.45, 7) is 8.35. The number of amides is 1. The van der Waals surface area contributed by atoms with Gasteiger partial charge in [0.15, 0.2) is 0 Å². The molecule has 1 saturated heterocycles. The van der Waals surface area contributed by atoms with Gasteiger partial charge < -0.3 is 15.0 Å². The molecule has 104 valence electrons. The number of hydrogen-bond acceptors (Lipinski definition) is 3. The van der Waals surface area contributed by atoms with Gasteiger partial charge in [-0.25, -0.2) is 0 Å². The molecule has 2 aliphatic rings. The van der Waals surface area contributed by atoms with Crippen LogP contribution in [0.25, 0.3) is 0 Å². The minimum absolute atomic E-state index is 0.154. The maximum absolute atomic E-state index is 11.9. The number of hydrogen-bond donors (Lipinski definition) is 1. The third kappa shape index (κ3) is 3.95. The summed E-state index contributed by atoms with van der Waals surface area (Å²) < 4.78 is 5.78. The Labute approximate surface area is 110 Å². The van der Waals surface area contributed by atoms with E-state index in [2.05, 4.69) is 19.2 Å². The van der Waals surface area contributed by atoms with Gasteiger partial charge in [0.2, 0.25) is 5.91 Å². The van der Waals surface area contributed by atoms with E-state index in [4.69, 9.17) is 4.74 Å². The lowest BCUT2D eigenvalue weighted by molar-refractivity contribution is -0.139. The van der Waals surface area contributed by atoms with E-state index in [1.807, 2.05) is 4.90 Å². The van der Waals surface area contributed by atoms with E-state index >= 15 is 0 Å². The van der Waals surface area contributed by atoms with Crippen LogP contribution in [0.4, 0.5) is 0 Å². The van der Waals surface area contributed by atoms with Crippen molar-refractivity contribution in [1.82, 2.24) is 10.2 Å². The van der Waals surface area contributed by atoms with Crippen LogP contribution in [0.15, 0.2) is 0 Å². The van der Waals surface area contributed by atoms with Crippen molar-refractivity contribution in [2.24, 2.45) is 5.41 Å². The van der Waals surface area contributed by atoms with Crippen molar-refractivity contribution in [3.63, 3.8) is 0 Å². The van der Waals surface area contributed by atoms with Gasteiger partial charge in [0.1, 0.15) is 6.61 Å². The summed E-state index contributed by atoms with van der Waals surface area (Å²) in [6.07, 6.45) is 4.91. The van der Waals surface area contributed by atoms with Gasteiger partial charge in [0.25, 0.3) is 0 Å². The van der Waals surface area contributed by atoms with Gasteiger partial charge in [-0.2, -0.15) is 0 Å². The monoisotopic (exact) mass is 254 g/mol. The maximum Gasteiger partial charge on any atom is 0.248 e. The molecule has 0 atom stereocenters. The van der Waals surface area contributed by atoms with Crippen molar-refractivity contribution < 1.29 is 9.53 Å². The van der Waals surface area contributed by atoms with E-state index in [0.717, 1.165) is 39.0 Å². The van der Waals surface area contributed by atoms with Gasteiger partial charge in [-0.3, -0.25) is 4.79 Å². The summed E-state index contributed by atoms with van der Waals surface area (Å²) in [5.41, 5.74) is 0.461. The second-order valence-electron chi connectivity index (χ2n) is 6.31. The van der Waals surface area contributed by atoms with Gasteiger partial charge in [-0.15, -0.1) is 0 Å². The van der Waals surface area contributed by atoms with Crippen LogP contribution in [0.2, 0.25) is 0 Å². The molecule has 1 N–H and O–H groups in total. The summed E-state index contributed by atoms with van der Waals surface area (Å²) in [7, 11) is 0. The maximum atomic E-state index is 11.9. The fourth-order valence-corrected chi connectivity index (χ4v) is 2.73. The van der Waals surface area contributed by atoms with Crippen molar-refractivity contribution in [2.45, 2.75) is 45.6 Å². The Hall–Kier alpha value is -0.610. The lowest BCUT2D eigenvalue weighted by Gasteiger charge is -2.34. The number of nitrogens with zero attached hydrogens (tertiary/aromatic N) is 1.